The number of hydrogen-bond donors (Lipinski definition) is 0. The Bertz CT molecular complexity index is 560. The van der Waals surface area contributed by atoms with E-state index < -0.39 is 0 Å². The second kappa shape index (κ2) is 5.38. The lowest BCUT2D eigenvalue weighted by atomic mass is 10.2. The first-order chi connectivity index (χ1) is 8.29. The fourth-order valence-electron chi connectivity index (χ4n) is 1.47. The van der Waals surface area contributed by atoms with Crippen molar-refractivity contribution in [3.8, 4) is 11.8 Å². The maximum atomic E-state index is 8.91. The van der Waals surface area contributed by atoms with Crippen LogP contribution in [0.4, 0.5) is 0 Å². The van der Waals surface area contributed by atoms with Gasteiger partial charge >= 0.3 is 0 Å². The van der Waals surface area contributed by atoms with Gasteiger partial charge in [0.1, 0.15) is 18.4 Å². The molecule has 0 radical (unpaired) electrons. The molecular formula is C14H10ClNO. The molecule has 0 aliphatic heterocycles. The molecule has 0 atom stereocenters. The monoisotopic (exact) mass is 243 g/mol. The summed E-state index contributed by atoms with van der Waals surface area (Å²) in [5.41, 5.74) is 1.51. The van der Waals surface area contributed by atoms with E-state index in [1.54, 1.807) is 12.1 Å². The quantitative estimate of drug-likeness (QED) is 0.822. The van der Waals surface area contributed by atoms with Crippen molar-refractivity contribution < 1.29 is 4.74 Å². The van der Waals surface area contributed by atoms with Crippen LogP contribution in [0.3, 0.4) is 0 Å². The Morgan fingerprint density at radius 2 is 1.94 bits per heavy atom. The average Bonchev–Trinajstić information content (AvgIpc) is 2.37. The van der Waals surface area contributed by atoms with Crippen molar-refractivity contribution in [2.75, 3.05) is 0 Å². The van der Waals surface area contributed by atoms with Gasteiger partial charge in [0.15, 0.2) is 0 Å². The topological polar surface area (TPSA) is 33.0 Å². The molecule has 0 saturated heterocycles. The lowest BCUT2D eigenvalue weighted by Gasteiger charge is -2.07. The predicted octanol–water partition coefficient (Wildman–Crippen LogP) is 3.79. The van der Waals surface area contributed by atoms with Gasteiger partial charge in [0.05, 0.1) is 5.56 Å². The SMILES string of the molecule is N#Cc1ccccc1OCc1cccc(Cl)c1. The third kappa shape index (κ3) is 2.99. The third-order valence-corrected chi connectivity index (χ3v) is 2.53. The molecule has 0 fully saturated rings. The number of benzene rings is 2. The summed E-state index contributed by atoms with van der Waals surface area (Å²) >= 11 is 5.88. The molecule has 0 aliphatic rings. The molecule has 0 aromatic heterocycles. The lowest BCUT2D eigenvalue weighted by molar-refractivity contribution is 0.305. The first-order valence-corrected chi connectivity index (χ1v) is 5.54. The molecule has 0 amide bonds. The van der Waals surface area contributed by atoms with E-state index in [-0.39, 0.29) is 0 Å². The number of halogens is 1. The highest BCUT2D eigenvalue weighted by molar-refractivity contribution is 6.30. The second-order valence-corrected chi connectivity index (χ2v) is 3.96. The smallest absolute Gasteiger partial charge is 0.137 e. The maximum absolute atomic E-state index is 8.91. The van der Waals surface area contributed by atoms with Crippen molar-refractivity contribution in [2.45, 2.75) is 6.61 Å². The summed E-state index contributed by atoms with van der Waals surface area (Å²) in [5.74, 6) is 0.593. The zero-order valence-electron chi connectivity index (χ0n) is 9.06. The van der Waals surface area contributed by atoms with E-state index in [4.69, 9.17) is 21.6 Å². The van der Waals surface area contributed by atoms with Gasteiger partial charge in [-0.3, -0.25) is 0 Å². The van der Waals surface area contributed by atoms with Crippen molar-refractivity contribution in [1.29, 1.82) is 5.26 Å². The van der Waals surface area contributed by atoms with E-state index in [1.165, 1.54) is 0 Å². The van der Waals surface area contributed by atoms with Crippen molar-refractivity contribution in [3.05, 3.63) is 64.7 Å². The van der Waals surface area contributed by atoms with Crippen LogP contribution in [0.25, 0.3) is 0 Å². The van der Waals surface area contributed by atoms with E-state index in [0.29, 0.717) is 22.9 Å². The number of nitrogens with zero attached hydrogens (tertiary/aromatic N) is 1. The molecule has 0 heterocycles. The lowest BCUT2D eigenvalue weighted by Crippen LogP contribution is -1.96. The Labute approximate surface area is 105 Å². The van der Waals surface area contributed by atoms with Gasteiger partial charge in [-0.2, -0.15) is 5.26 Å². The molecule has 2 rings (SSSR count). The molecular weight excluding hydrogens is 234 g/mol. The van der Waals surface area contributed by atoms with Gasteiger partial charge in [-0.25, -0.2) is 0 Å². The van der Waals surface area contributed by atoms with Crippen molar-refractivity contribution in [1.82, 2.24) is 0 Å². The number of ether oxygens (including phenoxy) is 1. The van der Waals surface area contributed by atoms with Crippen molar-refractivity contribution in [3.63, 3.8) is 0 Å². The largest absolute Gasteiger partial charge is 0.488 e. The van der Waals surface area contributed by atoms with E-state index >= 15 is 0 Å². The minimum absolute atomic E-state index is 0.402. The van der Waals surface area contributed by atoms with Crippen LogP contribution in [0.15, 0.2) is 48.5 Å². The van der Waals surface area contributed by atoms with Gasteiger partial charge in [-0.15, -0.1) is 0 Å². The summed E-state index contributed by atoms with van der Waals surface area (Å²) in [7, 11) is 0. The summed E-state index contributed by atoms with van der Waals surface area (Å²) < 4.78 is 5.59. The van der Waals surface area contributed by atoms with Gasteiger partial charge in [-0.1, -0.05) is 35.9 Å². The number of rotatable bonds is 3. The first kappa shape index (κ1) is 11.5. The molecule has 17 heavy (non-hydrogen) atoms. The number of nitriles is 1. The highest BCUT2D eigenvalue weighted by atomic mass is 35.5. The van der Waals surface area contributed by atoms with Crippen molar-refractivity contribution >= 4 is 11.6 Å². The molecule has 0 bridgehead atoms. The summed E-state index contributed by atoms with van der Waals surface area (Å²) in [5, 5.41) is 9.59. The zero-order chi connectivity index (χ0) is 12.1. The summed E-state index contributed by atoms with van der Waals surface area (Å²) in [4.78, 5) is 0. The minimum atomic E-state index is 0.402. The molecule has 3 heteroatoms. The van der Waals surface area contributed by atoms with Crippen LogP contribution in [-0.2, 0) is 6.61 Å². The second-order valence-electron chi connectivity index (χ2n) is 3.53. The molecule has 0 unspecified atom stereocenters. The molecule has 0 aliphatic carbocycles. The maximum Gasteiger partial charge on any atom is 0.137 e. The van der Waals surface area contributed by atoms with Crippen LogP contribution in [0, 0.1) is 11.3 Å². The average molecular weight is 244 g/mol. The van der Waals surface area contributed by atoms with E-state index in [1.807, 2.05) is 36.4 Å². The van der Waals surface area contributed by atoms with Gasteiger partial charge in [0, 0.05) is 5.02 Å². The standard InChI is InChI=1S/C14H10ClNO/c15-13-6-3-4-11(8-13)10-17-14-7-2-1-5-12(14)9-16/h1-8H,10H2. The Morgan fingerprint density at radius 1 is 1.12 bits per heavy atom. The molecule has 2 aromatic carbocycles. The van der Waals surface area contributed by atoms with Crippen LogP contribution in [-0.4, -0.2) is 0 Å². The van der Waals surface area contributed by atoms with Crippen LogP contribution in [0.5, 0.6) is 5.75 Å². The summed E-state index contributed by atoms with van der Waals surface area (Å²) in [6, 6.07) is 16.7. The summed E-state index contributed by atoms with van der Waals surface area (Å²) in [6.45, 7) is 0.402. The molecule has 0 spiro atoms. The minimum Gasteiger partial charge on any atom is -0.488 e. The van der Waals surface area contributed by atoms with Gasteiger partial charge < -0.3 is 4.74 Å². The Balaban J connectivity index is 2.10. The fourth-order valence-corrected chi connectivity index (χ4v) is 1.69. The Kier molecular flexibility index (Phi) is 3.64. The number of para-hydroxylation sites is 1. The van der Waals surface area contributed by atoms with Gasteiger partial charge in [-0.05, 0) is 29.8 Å². The highest BCUT2D eigenvalue weighted by Gasteiger charge is 2.02. The molecule has 0 saturated carbocycles. The van der Waals surface area contributed by atoms with Crippen molar-refractivity contribution in [2.24, 2.45) is 0 Å². The molecule has 84 valence electrons. The van der Waals surface area contributed by atoms with Gasteiger partial charge in [0.2, 0.25) is 0 Å². The molecule has 0 N–H and O–H groups in total. The highest BCUT2D eigenvalue weighted by Crippen LogP contribution is 2.19. The molecule has 2 nitrogen and oxygen atoms in total. The zero-order valence-corrected chi connectivity index (χ0v) is 9.82. The van der Waals surface area contributed by atoms with E-state index in [2.05, 4.69) is 6.07 Å². The Morgan fingerprint density at radius 3 is 2.71 bits per heavy atom. The molecule has 2 aromatic rings. The fraction of sp³-hybridized carbons (Fsp3) is 0.0714. The normalized spacial score (nSPS) is 9.65. The van der Waals surface area contributed by atoms with E-state index in [9.17, 15) is 0 Å². The number of hydrogen-bond acceptors (Lipinski definition) is 2. The predicted molar refractivity (Wildman–Crippen MR) is 66.9 cm³/mol. The van der Waals surface area contributed by atoms with Crippen LogP contribution in [0.2, 0.25) is 5.02 Å². The van der Waals surface area contributed by atoms with E-state index in [0.717, 1.165) is 5.56 Å². The summed E-state index contributed by atoms with van der Waals surface area (Å²) in [6.07, 6.45) is 0. The Hall–Kier alpha value is -1.98. The van der Waals surface area contributed by atoms with Gasteiger partial charge in [0.25, 0.3) is 0 Å². The van der Waals surface area contributed by atoms with Crippen LogP contribution in [0.1, 0.15) is 11.1 Å². The van der Waals surface area contributed by atoms with Crippen LogP contribution >= 0.6 is 11.6 Å². The first-order valence-electron chi connectivity index (χ1n) is 5.16. The third-order valence-electron chi connectivity index (χ3n) is 2.29. The van der Waals surface area contributed by atoms with Crippen LogP contribution < -0.4 is 4.74 Å².